The third-order valence-electron chi connectivity index (χ3n) is 16.0. The van der Waals surface area contributed by atoms with E-state index in [1.165, 1.54) is 268 Å². The molecule has 2 N–H and O–H groups in total. The van der Waals surface area contributed by atoms with Crippen molar-refractivity contribution < 1.29 is 9.13 Å². The topological polar surface area (TPSA) is 66.4 Å². The lowest BCUT2D eigenvalue weighted by Gasteiger charge is -2.07. The van der Waals surface area contributed by atoms with Crippen molar-refractivity contribution in [1.29, 1.82) is 0 Å². The Kier molecular flexibility index (Phi) is 68.5. The molecule has 0 fully saturated rings. The summed E-state index contributed by atoms with van der Waals surface area (Å²) in [6.45, 7) is 17.8. The van der Waals surface area contributed by atoms with Crippen LogP contribution in [0.5, 0.6) is 0 Å². The number of nitrogens with zero attached hydrogens (tertiary/aromatic N) is 6. The van der Waals surface area contributed by atoms with Gasteiger partial charge in [0.05, 0.1) is 10.7 Å². The molecule has 4 aromatic rings. The number of pyridine rings is 4. The van der Waals surface area contributed by atoms with E-state index in [0.29, 0.717) is 0 Å². The summed E-state index contributed by atoms with van der Waals surface area (Å²) < 4.78 is 9.31. The Morgan fingerprint density at radius 3 is 0.826 bits per heavy atom. The SMILES string of the molecule is C.C.C.C.C.C.CCCCCCCCN=c1ccn(CCCCCCCCCCn2ccc(=NCCCCCCCC)cc2)cc1.CCCCCCCCNc1cc[n+](CCCCCCCCCC[n+]2ccc(NCCCCCCCC)cc2)cc1. The molecule has 8 heteroatoms. The third-order valence-corrected chi connectivity index (χ3v) is 16.0. The van der Waals surface area contributed by atoms with Crippen molar-refractivity contribution in [2.24, 2.45) is 9.98 Å². The lowest BCUT2D eigenvalue weighted by molar-refractivity contribution is -0.697. The maximum Gasteiger partial charge on any atom is 0.170 e. The smallest absolute Gasteiger partial charge is 0.170 e. The number of anilines is 2. The highest BCUT2D eigenvalue weighted by Crippen LogP contribution is 2.14. The van der Waals surface area contributed by atoms with Crippen molar-refractivity contribution in [2.75, 3.05) is 36.8 Å². The van der Waals surface area contributed by atoms with Crippen LogP contribution in [0.15, 0.2) is 108 Å². The van der Waals surface area contributed by atoms with E-state index >= 15 is 0 Å². The van der Waals surface area contributed by atoms with Crippen molar-refractivity contribution in [3.8, 4) is 0 Å². The molecule has 8 nitrogen and oxygen atoms in total. The molecular formula is C78H150N8+2. The number of hydrogen-bond donors (Lipinski definition) is 2. The Balaban J connectivity index is -0.000000731. The average molecular weight is 1200 g/mol. The lowest BCUT2D eigenvalue weighted by atomic mass is 10.1. The van der Waals surface area contributed by atoms with Crippen molar-refractivity contribution in [1.82, 2.24) is 9.13 Å². The molecule has 0 saturated carbocycles. The number of aromatic nitrogens is 4. The summed E-state index contributed by atoms with van der Waals surface area (Å²) in [6.07, 6.45) is 71.5. The summed E-state index contributed by atoms with van der Waals surface area (Å²) in [7, 11) is 0. The first-order valence-corrected chi connectivity index (χ1v) is 34.4. The van der Waals surface area contributed by atoms with Crippen LogP contribution in [0.1, 0.15) is 329 Å². The van der Waals surface area contributed by atoms with Crippen LogP contribution in [-0.2, 0) is 26.2 Å². The first-order valence-electron chi connectivity index (χ1n) is 34.4. The fourth-order valence-corrected chi connectivity index (χ4v) is 10.6. The Morgan fingerprint density at radius 2 is 0.535 bits per heavy atom. The minimum atomic E-state index is 0. The molecule has 0 spiro atoms. The molecule has 0 aromatic carbocycles. The van der Waals surface area contributed by atoms with E-state index in [0.717, 1.165) is 63.1 Å². The second-order valence-electron chi connectivity index (χ2n) is 23.6. The van der Waals surface area contributed by atoms with Gasteiger partial charge in [-0.3, -0.25) is 9.98 Å². The molecule has 0 radical (unpaired) electrons. The predicted molar refractivity (Wildman–Crippen MR) is 388 cm³/mol. The van der Waals surface area contributed by atoms with E-state index in [1.807, 2.05) is 0 Å². The highest BCUT2D eigenvalue weighted by molar-refractivity contribution is 5.40. The van der Waals surface area contributed by atoms with Crippen LogP contribution in [0.4, 0.5) is 11.4 Å². The van der Waals surface area contributed by atoms with Crippen LogP contribution in [-0.4, -0.2) is 35.3 Å². The molecule has 4 heterocycles. The van der Waals surface area contributed by atoms with Crippen LogP contribution >= 0.6 is 0 Å². The highest BCUT2D eigenvalue weighted by atomic mass is 15.0. The highest BCUT2D eigenvalue weighted by Gasteiger charge is 2.04. The summed E-state index contributed by atoms with van der Waals surface area (Å²) in [6, 6.07) is 17.6. The summed E-state index contributed by atoms with van der Waals surface area (Å²) >= 11 is 0. The quantitative estimate of drug-likeness (QED) is 0.0342. The Morgan fingerprint density at radius 1 is 0.291 bits per heavy atom. The van der Waals surface area contributed by atoms with Crippen LogP contribution in [0.2, 0.25) is 0 Å². The molecule has 0 atom stereocenters. The van der Waals surface area contributed by atoms with Gasteiger partial charge >= 0.3 is 0 Å². The summed E-state index contributed by atoms with van der Waals surface area (Å²) in [5, 5.41) is 9.42. The molecule has 0 aliphatic carbocycles. The van der Waals surface area contributed by atoms with E-state index in [2.05, 4.69) is 155 Å². The van der Waals surface area contributed by atoms with Gasteiger partial charge in [-0.2, -0.15) is 0 Å². The number of unbranched alkanes of at least 4 members (excludes halogenated alkanes) is 34. The summed E-state index contributed by atoms with van der Waals surface area (Å²) in [5.41, 5.74) is 2.52. The second kappa shape index (κ2) is 66.7. The van der Waals surface area contributed by atoms with Gasteiger partial charge in [0.15, 0.2) is 24.8 Å². The van der Waals surface area contributed by atoms with Gasteiger partial charge in [0, 0.05) is 113 Å². The maximum absolute atomic E-state index is 4.74. The normalized spacial score (nSPS) is 10.4. The van der Waals surface area contributed by atoms with Gasteiger partial charge in [-0.15, -0.1) is 0 Å². The van der Waals surface area contributed by atoms with Crippen molar-refractivity contribution in [3.63, 3.8) is 0 Å². The Bertz CT molecular complexity index is 1880. The standard InChI is InChI=1S/2C36H62N4.6CH4/c2*1-3-5-7-9-15-19-27-37-35-23-31-39(32-24-35)29-21-17-13-11-12-14-18-22-30-40-33-25-36(26-34-40)38-28-20-16-10-8-6-4-2;;;;;;/h2*23-26,31-34H,3-22,27-30H2,1-2H3;6*1H4/p+2. The van der Waals surface area contributed by atoms with E-state index in [4.69, 9.17) is 9.98 Å². The molecule has 4 aromatic heterocycles. The average Bonchev–Trinajstić information content (AvgIpc) is 3.57. The van der Waals surface area contributed by atoms with Gasteiger partial charge in [0.25, 0.3) is 0 Å². The van der Waals surface area contributed by atoms with Crippen LogP contribution < -0.4 is 30.5 Å². The van der Waals surface area contributed by atoms with Crippen LogP contribution in [0, 0.1) is 0 Å². The van der Waals surface area contributed by atoms with E-state index in [1.54, 1.807) is 0 Å². The number of aryl methyl sites for hydroxylation is 4. The molecule has 0 aliphatic rings. The summed E-state index contributed by atoms with van der Waals surface area (Å²) in [4.78, 5) is 9.48. The zero-order valence-electron chi connectivity index (χ0n) is 52.9. The maximum atomic E-state index is 4.74. The van der Waals surface area contributed by atoms with Crippen LogP contribution in [0.3, 0.4) is 0 Å². The molecule has 0 unspecified atom stereocenters. The fourth-order valence-electron chi connectivity index (χ4n) is 10.6. The number of nitrogens with one attached hydrogen (secondary N) is 2. The molecule has 500 valence electrons. The largest absolute Gasteiger partial charge is 0.385 e. The first-order chi connectivity index (χ1) is 39.6. The van der Waals surface area contributed by atoms with Crippen molar-refractivity contribution in [2.45, 2.75) is 355 Å². The van der Waals surface area contributed by atoms with Crippen molar-refractivity contribution >= 4 is 11.4 Å². The van der Waals surface area contributed by atoms with Gasteiger partial charge in [-0.05, 0) is 75.6 Å². The van der Waals surface area contributed by atoms with Gasteiger partial charge in [-0.25, -0.2) is 9.13 Å². The van der Waals surface area contributed by atoms with E-state index in [9.17, 15) is 0 Å². The predicted octanol–water partition coefficient (Wildman–Crippen LogP) is 23.1. The Labute approximate surface area is 537 Å². The molecule has 86 heavy (non-hydrogen) atoms. The number of rotatable bonds is 52. The molecular weight excluding hydrogens is 1050 g/mol. The number of hydrogen-bond acceptors (Lipinski definition) is 4. The lowest BCUT2D eigenvalue weighted by Crippen LogP contribution is -2.32. The van der Waals surface area contributed by atoms with E-state index < -0.39 is 0 Å². The molecule has 4 rings (SSSR count). The first kappa shape index (κ1) is 88.2. The van der Waals surface area contributed by atoms with Crippen LogP contribution in [0.25, 0.3) is 0 Å². The molecule has 0 bridgehead atoms. The molecule has 0 amide bonds. The van der Waals surface area contributed by atoms with Gasteiger partial charge in [0.1, 0.15) is 13.1 Å². The fraction of sp³-hybridized carbons (Fsp3) is 0.744. The zero-order chi connectivity index (χ0) is 56.7. The van der Waals surface area contributed by atoms with E-state index in [-0.39, 0.29) is 44.6 Å². The zero-order valence-corrected chi connectivity index (χ0v) is 52.9. The minimum Gasteiger partial charge on any atom is -0.385 e. The second-order valence-corrected chi connectivity index (χ2v) is 23.6. The minimum absolute atomic E-state index is 0. The summed E-state index contributed by atoms with van der Waals surface area (Å²) in [5.74, 6) is 0. The van der Waals surface area contributed by atoms with Crippen molar-refractivity contribution in [3.05, 3.63) is 109 Å². The monoisotopic (exact) mass is 1200 g/mol. The third kappa shape index (κ3) is 51.8. The molecule has 0 saturated heterocycles. The van der Waals surface area contributed by atoms with Gasteiger partial charge in [-0.1, -0.05) is 265 Å². The van der Waals surface area contributed by atoms with Gasteiger partial charge in [0.2, 0.25) is 0 Å². The molecule has 0 aliphatic heterocycles. The van der Waals surface area contributed by atoms with Gasteiger partial charge < -0.3 is 19.8 Å². The Hall–Kier alpha value is -4.20.